The van der Waals surface area contributed by atoms with E-state index in [-0.39, 0.29) is 29.6 Å². The molecule has 1 aromatic heterocycles. The zero-order valence-corrected chi connectivity index (χ0v) is 14.0. The molecule has 3 atom stereocenters. The molecule has 1 saturated heterocycles. The summed E-state index contributed by atoms with van der Waals surface area (Å²) in [6, 6.07) is 4.23. The summed E-state index contributed by atoms with van der Waals surface area (Å²) in [7, 11) is 1.87. The Labute approximate surface area is 145 Å². The summed E-state index contributed by atoms with van der Waals surface area (Å²) in [4.78, 5) is 12.9. The first-order valence-corrected chi connectivity index (χ1v) is 8.53. The van der Waals surface area contributed by atoms with Crippen LogP contribution in [0.25, 0.3) is 0 Å². The molecule has 6 nitrogen and oxygen atoms in total. The van der Waals surface area contributed by atoms with Crippen molar-refractivity contribution in [2.75, 3.05) is 19.7 Å². The summed E-state index contributed by atoms with van der Waals surface area (Å²) in [5.41, 5.74) is 1.77. The fourth-order valence-corrected chi connectivity index (χ4v) is 3.73. The number of hydrogen-bond acceptors (Lipinski definition) is 4. The predicted molar refractivity (Wildman–Crippen MR) is 89.7 cm³/mol. The zero-order chi connectivity index (χ0) is 17.4. The molecule has 1 amide bonds. The molecule has 2 aliphatic heterocycles. The van der Waals surface area contributed by atoms with Gasteiger partial charge in [0.05, 0.1) is 24.8 Å². The third-order valence-electron chi connectivity index (χ3n) is 5.03. The number of fused-ring (bicyclic) bond motifs is 1. The van der Waals surface area contributed by atoms with Gasteiger partial charge < -0.3 is 15.4 Å². The number of nitrogens with zero attached hydrogens (tertiary/aromatic N) is 2. The molecule has 0 radical (unpaired) electrons. The highest BCUT2D eigenvalue weighted by Gasteiger charge is 2.36. The molecule has 3 heterocycles. The van der Waals surface area contributed by atoms with E-state index in [0.29, 0.717) is 30.9 Å². The number of halogens is 1. The Kier molecular flexibility index (Phi) is 4.17. The van der Waals surface area contributed by atoms with Gasteiger partial charge in [-0.1, -0.05) is 0 Å². The molecule has 1 unspecified atom stereocenters. The van der Waals surface area contributed by atoms with Crippen molar-refractivity contribution >= 4 is 5.91 Å². The Balaban J connectivity index is 1.52. The van der Waals surface area contributed by atoms with Crippen LogP contribution in [0.15, 0.2) is 30.6 Å². The molecule has 7 heteroatoms. The molecule has 0 bridgehead atoms. The van der Waals surface area contributed by atoms with Crippen LogP contribution >= 0.6 is 0 Å². The van der Waals surface area contributed by atoms with E-state index in [1.54, 1.807) is 10.7 Å². The summed E-state index contributed by atoms with van der Waals surface area (Å²) < 4.78 is 20.9. The largest absolute Gasteiger partial charge is 0.493 e. The van der Waals surface area contributed by atoms with Gasteiger partial charge in [0.1, 0.15) is 11.6 Å². The number of aryl methyl sites for hydroxylation is 1. The molecule has 2 aromatic rings. The standard InChI is InChI=1S/C18H21FN4O2/c1-23-10-11(7-21-23)14-8-20-9-15(14)18(24)22-16-4-5-25-17-3-2-12(19)6-13(16)17/h2-3,6-7,10,14-16,20H,4-5,8-9H2,1H3,(H,22,24)/t14-,15+,16?/m1/s1. The predicted octanol–water partition coefficient (Wildman–Crippen LogP) is 1.50. The molecule has 0 spiro atoms. The van der Waals surface area contributed by atoms with Crippen LogP contribution in [-0.2, 0) is 11.8 Å². The Morgan fingerprint density at radius 1 is 1.44 bits per heavy atom. The van der Waals surface area contributed by atoms with Crippen LogP contribution in [-0.4, -0.2) is 35.4 Å². The van der Waals surface area contributed by atoms with Gasteiger partial charge in [-0.05, 0) is 23.8 Å². The van der Waals surface area contributed by atoms with E-state index in [4.69, 9.17) is 4.74 Å². The molecular formula is C18H21FN4O2. The number of hydrogen-bond donors (Lipinski definition) is 2. The van der Waals surface area contributed by atoms with Gasteiger partial charge in [0.15, 0.2) is 0 Å². The SMILES string of the molecule is Cn1cc([C@H]2CNC[C@@H]2C(=O)NC2CCOc3ccc(F)cc32)cn1. The van der Waals surface area contributed by atoms with Crippen LogP contribution in [0.5, 0.6) is 5.75 Å². The Morgan fingerprint density at radius 2 is 2.32 bits per heavy atom. The zero-order valence-electron chi connectivity index (χ0n) is 14.0. The summed E-state index contributed by atoms with van der Waals surface area (Å²) in [6.07, 6.45) is 4.41. The van der Waals surface area contributed by atoms with Crippen molar-refractivity contribution in [1.82, 2.24) is 20.4 Å². The molecule has 0 aliphatic carbocycles. The minimum Gasteiger partial charge on any atom is -0.493 e. The molecule has 25 heavy (non-hydrogen) atoms. The highest BCUT2D eigenvalue weighted by atomic mass is 19.1. The van der Waals surface area contributed by atoms with Gasteiger partial charge in [-0.15, -0.1) is 0 Å². The number of nitrogens with one attached hydrogen (secondary N) is 2. The van der Waals surface area contributed by atoms with Crippen molar-refractivity contribution in [2.24, 2.45) is 13.0 Å². The number of ether oxygens (including phenoxy) is 1. The first kappa shape index (κ1) is 16.1. The first-order valence-electron chi connectivity index (χ1n) is 8.53. The van der Waals surface area contributed by atoms with Crippen molar-refractivity contribution in [3.05, 3.63) is 47.5 Å². The summed E-state index contributed by atoms with van der Waals surface area (Å²) in [5.74, 6) is 0.246. The lowest BCUT2D eigenvalue weighted by Gasteiger charge is -2.28. The van der Waals surface area contributed by atoms with Crippen LogP contribution in [0, 0.1) is 11.7 Å². The van der Waals surface area contributed by atoms with Gasteiger partial charge in [0.25, 0.3) is 0 Å². The fourth-order valence-electron chi connectivity index (χ4n) is 3.73. The molecule has 0 saturated carbocycles. The maximum absolute atomic E-state index is 13.6. The van der Waals surface area contributed by atoms with E-state index in [1.165, 1.54) is 12.1 Å². The highest BCUT2D eigenvalue weighted by Crippen LogP contribution is 2.34. The summed E-state index contributed by atoms with van der Waals surface area (Å²) in [6.45, 7) is 1.89. The third-order valence-corrected chi connectivity index (χ3v) is 5.03. The second kappa shape index (κ2) is 6.48. The van der Waals surface area contributed by atoms with E-state index in [1.807, 2.05) is 19.4 Å². The van der Waals surface area contributed by atoms with Crippen molar-refractivity contribution < 1.29 is 13.9 Å². The topological polar surface area (TPSA) is 68.2 Å². The molecule has 1 fully saturated rings. The first-order chi connectivity index (χ1) is 12.1. The van der Waals surface area contributed by atoms with Crippen LogP contribution in [0.3, 0.4) is 0 Å². The lowest BCUT2D eigenvalue weighted by atomic mass is 9.89. The number of carbonyl (C=O) groups is 1. The Hall–Kier alpha value is -2.41. The number of carbonyl (C=O) groups excluding carboxylic acids is 1. The fraction of sp³-hybridized carbons (Fsp3) is 0.444. The van der Waals surface area contributed by atoms with E-state index >= 15 is 0 Å². The summed E-state index contributed by atoms with van der Waals surface area (Å²) in [5, 5.41) is 10.6. The molecule has 132 valence electrons. The second-order valence-electron chi connectivity index (χ2n) is 6.70. The third kappa shape index (κ3) is 3.11. The maximum atomic E-state index is 13.6. The molecular weight excluding hydrogens is 323 g/mol. The monoisotopic (exact) mass is 344 g/mol. The van der Waals surface area contributed by atoms with E-state index in [0.717, 1.165) is 12.1 Å². The van der Waals surface area contributed by atoms with Crippen molar-refractivity contribution in [1.29, 1.82) is 0 Å². The lowest BCUT2D eigenvalue weighted by Crippen LogP contribution is -2.38. The minimum atomic E-state index is -0.320. The quantitative estimate of drug-likeness (QED) is 0.886. The van der Waals surface area contributed by atoms with Crippen molar-refractivity contribution in [3.8, 4) is 5.75 Å². The van der Waals surface area contributed by atoms with Gasteiger partial charge >= 0.3 is 0 Å². The van der Waals surface area contributed by atoms with E-state index in [9.17, 15) is 9.18 Å². The number of amides is 1. The Morgan fingerprint density at radius 3 is 3.12 bits per heavy atom. The van der Waals surface area contributed by atoms with Crippen LogP contribution in [0.1, 0.15) is 29.5 Å². The van der Waals surface area contributed by atoms with Gasteiger partial charge in [0, 0.05) is 44.2 Å². The van der Waals surface area contributed by atoms with Gasteiger partial charge in [-0.25, -0.2) is 4.39 Å². The summed E-state index contributed by atoms with van der Waals surface area (Å²) >= 11 is 0. The van der Waals surface area contributed by atoms with Gasteiger partial charge in [0.2, 0.25) is 5.91 Å². The van der Waals surface area contributed by atoms with Crippen molar-refractivity contribution in [3.63, 3.8) is 0 Å². The van der Waals surface area contributed by atoms with Crippen LogP contribution < -0.4 is 15.4 Å². The average Bonchev–Trinajstić information content (AvgIpc) is 3.24. The average molecular weight is 344 g/mol. The molecule has 1 aromatic carbocycles. The van der Waals surface area contributed by atoms with E-state index < -0.39 is 0 Å². The van der Waals surface area contributed by atoms with Gasteiger partial charge in [-0.3, -0.25) is 9.48 Å². The molecule has 2 N–H and O–H groups in total. The highest BCUT2D eigenvalue weighted by molar-refractivity contribution is 5.81. The smallest absolute Gasteiger partial charge is 0.225 e. The van der Waals surface area contributed by atoms with Crippen LogP contribution in [0.4, 0.5) is 4.39 Å². The maximum Gasteiger partial charge on any atom is 0.225 e. The second-order valence-corrected chi connectivity index (χ2v) is 6.70. The van der Waals surface area contributed by atoms with Crippen molar-refractivity contribution in [2.45, 2.75) is 18.4 Å². The molecule has 2 aliphatic rings. The normalized spacial score (nSPS) is 25.3. The number of aromatic nitrogens is 2. The van der Waals surface area contributed by atoms with Gasteiger partial charge in [-0.2, -0.15) is 5.10 Å². The molecule has 4 rings (SSSR count). The Bertz CT molecular complexity index is 791. The van der Waals surface area contributed by atoms with Crippen LogP contribution in [0.2, 0.25) is 0 Å². The van der Waals surface area contributed by atoms with E-state index in [2.05, 4.69) is 15.7 Å². The number of benzene rings is 1. The lowest BCUT2D eigenvalue weighted by molar-refractivity contribution is -0.125. The minimum absolute atomic E-state index is 0.0130. The number of rotatable bonds is 3.